The molecule has 0 bridgehead atoms. The van der Waals surface area contributed by atoms with Crippen LogP contribution in [0, 0.1) is 11.3 Å². The molecule has 1 N–H and O–H groups in total. The van der Waals surface area contributed by atoms with Gasteiger partial charge in [-0.2, -0.15) is 36.7 Å². The van der Waals surface area contributed by atoms with E-state index in [9.17, 15) is 35.5 Å². The van der Waals surface area contributed by atoms with Crippen LogP contribution >= 0.6 is 11.6 Å². The fourth-order valence-electron chi connectivity index (χ4n) is 3.68. The highest BCUT2D eigenvalue weighted by atomic mass is 35.5. The first kappa shape index (κ1) is 25.6. The zero-order chi connectivity index (χ0) is 26.7. The highest BCUT2D eigenvalue weighted by Gasteiger charge is 2.74. The van der Waals surface area contributed by atoms with Crippen molar-refractivity contribution < 1.29 is 35.5 Å². The molecule has 3 aromatic rings. The van der Waals surface area contributed by atoms with E-state index in [2.05, 4.69) is 10.4 Å². The topological polar surface area (TPSA) is 75.6 Å². The third-order valence-corrected chi connectivity index (χ3v) is 6.24. The average molecular weight is 534 g/mol. The summed E-state index contributed by atoms with van der Waals surface area (Å²) in [4.78, 5) is 12.6. The molecule has 1 aliphatic carbocycles. The second kappa shape index (κ2) is 8.26. The number of carbonyl (C=O) groups excluding carboxylic acids is 1. The quantitative estimate of drug-likeness (QED) is 0.433. The molecule has 14 heteroatoms. The van der Waals surface area contributed by atoms with Gasteiger partial charge < -0.3 is 9.88 Å². The fraction of sp³-hybridized carbons (Fsp3) is 0.318. The molecule has 6 nitrogen and oxygen atoms in total. The van der Waals surface area contributed by atoms with Gasteiger partial charge in [0.1, 0.15) is 11.4 Å². The van der Waals surface area contributed by atoms with E-state index < -0.39 is 35.2 Å². The second-order valence-corrected chi connectivity index (χ2v) is 8.71. The SMILES string of the molecule is Cn1c(-n2cc(-c3ccc(Cl)c(C(=O)NC4(C#N)CC4)c3)cn2)ccc1C(F)(C(F)(F)F)C(F)(F)F. The zero-order valence-corrected chi connectivity index (χ0v) is 18.9. The first-order valence-corrected chi connectivity index (χ1v) is 10.6. The molecule has 0 atom stereocenters. The van der Waals surface area contributed by atoms with Gasteiger partial charge in [-0.25, -0.2) is 9.07 Å². The second-order valence-electron chi connectivity index (χ2n) is 8.31. The highest BCUT2D eigenvalue weighted by molar-refractivity contribution is 6.34. The summed E-state index contributed by atoms with van der Waals surface area (Å²) in [6.45, 7) is 0. The first-order valence-electron chi connectivity index (χ1n) is 10.2. The largest absolute Gasteiger partial charge is 0.437 e. The molecule has 190 valence electrons. The molecule has 0 radical (unpaired) electrons. The average Bonchev–Trinajstić information content (AvgIpc) is 3.20. The smallest absolute Gasteiger partial charge is 0.334 e. The summed E-state index contributed by atoms with van der Waals surface area (Å²) in [5.74, 6) is -0.859. The maximum absolute atomic E-state index is 14.5. The maximum atomic E-state index is 14.5. The molecule has 0 unspecified atom stereocenters. The molecule has 2 heterocycles. The summed E-state index contributed by atoms with van der Waals surface area (Å²) in [5, 5.41) is 15.8. The van der Waals surface area contributed by atoms with Crippen molar-refractivity contribution in [1.82, 2.24) is 19.7 Å². The van der Waals surface area contributed by atoms with E-state index in [1.54, 1.807) is 0 Å². The molecule has 1 fully saturated rings. The number of nitrogens with one attached hydrogen (secondary N) is 1. The standard InChI is InChI=1S/C22H15ClF7N5O/c1-34-16(20(24,21(25,26)27)22(28,29)30)4-5-17(34)35-10-13(9-32-35)12-2-3-15(23)14(8-12)18(36)33-19(11-31)6-7-19/h2-5,8-10H,6-7H2,1H3,(H,33,36). The van der Waals surface area contributed by atoms with Crippen molar-refractivity contribution in [3.8, 4) is 23.0 Å². The lowest BCUT2D eigenvalue weighted by molar-refractivity contribution is -0.350. The molecule has 2 aromatic heterocycles. The lowest BCUT2D eigenvalue weighted by Gasteiger charge is -2.30. The van der Waals surface area contributed by atoms with Crippen LogP contribution in [0.25, 0.3) is 16.9 Å². The summed E-state index contributed by atoms with van der Waals surface area (Å²) in [6, 6.07) is 7.63. The van der Waals surface area contributed by atoms with E-state index in [1.807, 2.05) is 6.07 Å². The Morgan fingerprint density at radius 1 is 1.08 bits per heavy atom. The number of hydrogen-bond donors (Lipinski definition) is 1. The molecule has 0 aliphatic heterocycles. The van der Waals surface area contributed by atoms with Gasteiger partial charge in [-0.3, -0.25) is 4.79 Å². The van der Waals surface area contributed by atoms with Gasteiger partial charge in [0.25, 0.3) is 5.91 Å². The summed E-state index contributed by atoms with van der Waals surface area (Å²) in [7, 11) is 0.853. The van der Waals surface area contributed by atoms with Crippen LogP contribution in [-0.4, -0.2) is 38.1 Å². The molecule has 36 heavy (non-hydrogen) atoms. The fourth-order valence-corrected chi connectivity index (χ4v) is 3.88. The van der Waals surface area contributed by atoms with E-state index in [0.29, 0.717) is 34.6 Å². The number of benzene rings is 1. The first-order chi connectivity index (χ1) is 16.6. The van der Waals surface area contributed by atoms with Crippen molar-refractivity contribution in [3.63, 3.8) is 0 Å². The number of alkyl halides is 7. The molecule has 1 saturated carbocycles. The number of halogens is 8. The normalized spacial score (nSPS) is 15.4. The van der Waals surface area contributed by atoms with Crippen LogP contribution < -0.4 is 5.32 Å². The molecule has 1 amide bonds. The number of carbonyl (C=O) groups is 1. The van der Waals surface area contributed by atoms with Gasteiger partial charge in [-0.1, -0.05) is 17.7 Å². The molecular weight excluding hydrogens is 519 g/mol. The Hall–Kier alpha value is -3.53. The van der Waals surface area contributed by atoms with Gasteiger partial charge in [0, 0.05) is 18.8 Å². The summed E-state index contributed by atoms with van der Waals surface area (Å²) in [6.07, 6.45) is -8.97. The van der Waals surface area contributed by atoms with Crippen molar-refractivity contribution in [3.05, 3.63) is 59.0 Å². The minimum absolute atomic E-state index is 0.0576. The van der Waals surface area contributed by atoms with E-state index in [4.69, 9.17) is 16.9 Å². The lowest BCUT2D eigenvalue weighted by Crippen LogP contribution is -2.51. The molecule has 1 aromatic carbocycles. The van der Waals surface area contributed by atoms with Crippen LogP contribution in [-0.2, 0) is 12.7 Å². The molecule has 1 aliphatic rings. The lowest BCUT2D eigenvalue weighted by atomic mass is 10.0. The zero-order valence-electron chi connectivity index (χ0n) is 18.2. The maximum Gasteiger partial charge on any atom is 0.437 e. The van der Waals surface area contributed by atoms with Crippen molar-refractivity contribution >= 4 is 17.5 Å². The predicted octanol–water partition coefficient (Wildman–Crippen LogP) is 5.61. The monoisotopic (exact) mass is 533 g/mol. The van der Waals surface area contributed by atoms with Crippen LogP contribution in [0.5, 0.6) is 0 Å². The number of rotatable bonds is 5. The van der Waals surface area contributed by atoms with E-state index >= 15 is 0 Å². The van der Waals surface area contributed by atoms with Crippen molar-refractivity contribution in [2.24, 2.45) is 7.05 Å². The van der Waals surface area contributed by atoms with Gasteiger partial charge in [0.15, 0.2) is 0 Å². The Bertz CT molecular complexity index is 1360. The Kier molecular flexibility index (Phi) is 5.87. The van der Waals surface area contributed by atoms with Crippen molar-refractivity contribution in [2.75, 3.05) is 0 Å². The Labute approximate surface area is 203 Å². The van der Waals surface area contributed by atoms with Crippen molar-refractivity contribution in [2.45, 2.75) is 36.4 Å². The minimum atomic E-state index is -6.26. The molecule has 0 spiro atoms. The predicted molar refractivity (Wildman–Crippen MR) is 113 cm³/mol. The third kappa shape index (κ3) is 4.09. The van der Waals surface area contributed by atoms with Gasteiger partial charge >= 0.3 is 18.0 Å². The number of hydrogen-bond acceptors (Lipinski definition) is 3. The number of amides is 1. The summed E-state index contributed by atoms with van der Waals surface area (Å²) in [5.41, 5.74) is -7.40. The van der Waals surface area contributed by atoms with Crippen LogP contribution in [0.15, 0.2) is 42.7 Å². The molecular formula is C22H15ClF7N5O. The van der Waals surface area contributed by atoms with Gasteiger partial charge in [-0.15, -0.1) is 0 Å². The van der Waals surface area contributed by atoms with Crippen LogP contribution in [0.2, 0.25) is 5.02 Å². The Morgan fingerprint density at radius 3 is 2.28 bits per heavy atom. The van der Waals surface area contributed by atoms with E-state index in [1.165, 1.54) is 30.6 Å². The van der Waals surface area contributed by atoms with Gasteiger partial charge in [0.2, 0.25) is 0 Å². The van der Waals surface area contributed by atoms with E-state index in [0.717, 1.165) is 17.8 Å². The molecule has 0 saturated heterocycles. The third-order valence-electron chi connectivity index (χ3n) is 5.91. The summed E-state index contributed by atoms with van der Waals surface area (Å²) < 4.78 is 95.0. The number of nitrogens with zero attached hydrogens (tertiary/aromatic N) is 4. The van der Waals surface area contributed by atoms with Crippen LogP contribution in [0.1, 0.15) is 28.9 Å². The van der Waals surface area contributed by atoms with Crippen LogP contribution in [0.3, 0.4) is 0 Å². The highest BCUT2D eigenvalue weighted by Crippen LogP contribution is 2.53. The number of aromatic nitrogens is 3. The summed E-state index contributed by atoms with van der Waals surface area (Å²) >= 11 is 6.12. The van der Waals surface area contributed by atoms with Gasteiger partial charge in [-0.05, 0) is 42.7 Å². The minimum Gasteiger partial charge on any atom is -0.334 e. The van der Waals surface area contributed by atoms with Crippen LogP contribution in [0.4, 0.5) is 30.7 Å². The van der Waals surface area contributed by atoms with Crippen molar-refractivity contribution in [1.29, 1.82) is 5.26 Å². The Morgan fingerprint density at radius 2 is 1.72 bits per heavy atom. The van der Waals surface area contributed by atoms with E-state index in [-0.39, 0.29) is 16.4 Å². The van der Waals surface area contributed by atoms with Gasteiger partial charge in [0.05, 0.1) is 28.5 Å². The number of nitriles is 1. The Balaban J connectivity index is 1.68. The molecule has 4 rings (SSSR count).